The second-order valence-electron chi connectivity index (χ2n) is 4.51. The summed E-state index contributed by atoms with van der Waals surface area (Å²) in [6.07, 6.45) is 2.96. The molecule has 0 aliphatic heterocycles. The second-order valence-corrected chi connectivity index (χ2v) is 4.51. The highest BCUT2D eigenvalue weighted by atomic mass is 16.5. The van der Waals surface area contributed by atoms with Crippen molar-refractivity contribution in [3.05, 3.63) is 48.3 Å². The molecule has 0 N–H and O–H groups in total. The summed E-state index contributed by atoms with van der Waals surface area (Å²) < 4.78 is 9.85. The van der Waals surface area contributed by atoms with Crippen molar-refractivity contribution in [1.29, 1.82) is 0 Å². The normalized spacial score (nSPS) is 10.3. The van der Waals surface area contributed by atoms with Crippen LogP contribution in [0, 0.1) is 0 Å². The van der Waals surface area contributed by atoms with Crippen LogP contribution in [0.25, 0.3) is 17.1 Å². The van der Waals surface area contributed by atoms with Crippen molar-refractivity contribution in [2.45, 2.75) is 0 Å². The Hall–Kier alpha value is -3.29. The molecular formula is C15H13N5O3. The number of tetrazole rings is 1. The fraction of sp³-hybridized carbons (Fsp3) is 0.133. The lowest BCUT2D eigenvalue weighted by Crippen LogP contribution is -2.05. The lowest BCUT2D eigenvalue weighted by Gasteiger charge is -2.03. The lowest BCUT2D eigenvalue weighted by molar-refractivity contribution is 0.0601. The fourth-order valence-electron chi connectivity index (χ4n) is 2.01. The maximum absolute atomic E-state index is 11.8. The molecule has 8 nitrogen and oxygen atoms in total. The zero-order valence-electron chi connectivity index (χ0n) is 12.5. The van der Waals surface area contributed by atoms with E-state index in [2.05, 4.69) is 20.4 Å². The highest BCUT2D eigenvalue weighted by Crippen LogP contribution is 2.20. The molecule has 1 aromatic carbocycles. The van der Waals surface area contributed by atoms with E-state index in [4.69, 9.17) is 9.47 Å². The van der Waals surface area contributed by atoms with Crippen molar-refractivity contribution < 1.29 is 14.3 Å². The van der Waals surface area contributed by atoms with Gasteiger partial charge >= 0.3 is 5.97 Å². The molecule has 8 heteroatoms. The van der Waals surface area contributed by atoms with E-state index >= 15 is 0 Å². The number of rotatable bonds is 4. The Morgan fingerprint density at radius 3 is 2.61 bits per heavy atom. The van der Waals surface area contributed by atoms with Crippen molar-refractivity contribution in [2.75, 3.05) is 14.2 Å². The van der Waals surface area contributed by atoms with Crippen molar-refractivity contribution in [3.8, 4) is 22.8 Å². The number of aromatic nitrogens is 5. The number of carbonyl (C=O) groups excluding carboxylic acids is 1. The molecule has 0 saturated carbocycles. The maximum atomic E-state index is 11.8. The van der Waals surface area contributed by atoms with Crippen LogP contribution in [0.5, 0.6) is 5.75 Å². The van der Waals surface area contributed by atoms with Crippen molar-refractivity contribution in [3.63, 3.8) is 0 Å². The Bertz CT molecular complexity index is 829. The average Bonchev–Trinajstić information content (AvgIpc) is 3.11. The molecule has 0 fully saturated rings. The minimum atomic E-state index is -0.506. The minimum Gasteiger partial charge on any atom is -0.497 e. The standard InChI is InChI=1S/C15H13N5O3/c1-22-11-5-3-10(4-6-11)20-18-14(17-19-20)12-7-8-16-9-13(12)15(21)23-2/h3-9H,1-2H3. The topological polar surface area (TPSA) is 92.0 Å². The van der Waals surface area contributed by atoms with Gasteiger partial charge in [0.2, 0.25) is 5.82 Å². The number of carbonyl (C=O) groups is 1. The van der Waals surface area contributed by atoms with Gasteiger partial charge in [0.05, 0.1) is 25.5 Å². The van der Waals surface area contributed by atoms with E-state index in [-0.39, 0.29) is 5.56 Å². The largest absolute Gasteiger partial charge is 0.497 e. The van der Waals surface area contributed by atoms with Crippen LogP contribution < -0.4 is 4.74 Å². The molecule has 0 unspecified atom stereocenters. The van der Waals surface area contributed by atoms with E-state index < -0.39 is 5.97 Å². The van der Waals surface area contributed by atoms with E-state index in [1.165, 1.54) is 18.1 Å². The average molecular weight is 311 g/mol. The van der Waals surface area contributed by atoms with Gasteiger partial charge in [-0.25, -0.2) is 4.79 Å². The quantitative estimate of drug-likeness (QED) is 0.674. The van der Waals surface area contributed by atoms with Gasteiger partial charge in [-0.1, -0.05) is 0 Å². The maximum Gasteiger partial charge on any atom is 0.340 e. The zero-order chi connectivity index (χ0) is 16.2. The molecule has 0 aliphatic carbocycles. The molecule has 2 aromatic heterocycles. The number of hydrogen-bond donors (Lipinski definition) is 0. The lowest BCUT2D eigenvalue weighted by atomic mass is 10.1. The molecule has 3 aromatic rings. The SMILES string of the molecule is COC(=O)c1cnccc1-c1nnn(-c2ccc(OC)cc2)n1. The van der Waals surface area contributed by atoms with E-state index in [0.717, 1.165) is 11.4 Å². The van der Waals surface area contributed by atoms with Gasteiger partial charge in [0.15, 0.2) is 0 Å². The molecule has 0 saturated heterocycles. The van der Waals surface area contributed by atoms with Crippen molar-refractivity contribution in [1.82, 2.24) is 25.2 Å². The molecule has 0 aliphatic rings. The third-order valence-corrected chi connectivity index (χ3v) is 3.18. The van der Waals surface area contributed by atoms with E-state index in [9.17, 15) is 4.79 Å². The molecule has 116 valence electrons. The fourth-order valence-corrected chi connectivity index (χ4v) is 2.01. The number of pyridine rings is 1. The number of ether oxygens (including phenoxy) is 2. The molecule has 0 atom stereocenters. The van der Waals surface area contributed by atoms with Crippen LogP contribution in [0.2, 0.25) is 0 Å². The highest BCUT2D eigenvalue weighted by molar-refractivity contribution is 5.95. The zero-order valence-corrected chi connectivity index (χ0v) is 12.5. The molecular weight excluding hydrogens is 298 g/mol. The Kier molecular flexibility index (Phi) is 3.96. The summed E-state index contributed by atoms with van der Waals surface area (Å²) in [5.41, 5.74) is 1.51. The van der Waals surface area contributed by atoms with E-state index in [1.807, 2.05) is 0 Å². The van der Waals surface area contributed by atoms with Crippen molar-refractivity contribution >= 4 is 5.97 Å². The number of methoxy groups -OCH3 is 2. The summed E-state index contributed by atoms with van der Waals surface area (Å²) in [4.78, 5) is 17.1. The summed E-state index contributed by atoms with van der Waals surface area (Å²) in [5.74, 6) is 0.536. The number of benzene rings is 1. The molecule has 0 bridgehead atoms. The number of nitrogens with zero attached hydrogens (tertiary/aromatic N) is 5. The van der Waals surface area contributed by atoms with Gasteiger partial charge in [-0.3, -0.25) is 4.98 Å². The first kappa shape index (κ1) is 14.6. The van der Waals surface area contributed by atoms with Gasteiger partial charge in [0, 0.05) is 18.0 Å². The Labute approximate surface area is 131 Å². The predicted octanol–water partition coefficient (Wildman–Crippen LogP) is 1.52. The molecule has 2 heterocycles. The van der Waals surface area contributed by atoms with Crippen LogP contribution in [0.1, 0.15) is 10.4 Å². The van der Waals surface area contributed by atoms with Gasteiger partial charge < -0.3 is 9.47 Å². The first-order valence-electron chi connectivity index (χ1n) is 6.70. The van der Waals surface area contributed by atoms with E-state index in [0.29, 0.717) is 11.4 Å². The summed E-state index contributed by atoms with van der Waals surface area (Å²) in [7, 11) is 2.90. The third kappa shape index (κ3) is 2.86. The second kappa shape index (κ2) is 6.22. The molecule has 0 amide bonds. The van der Waals surface area contributed by atoms with Crippen LogP contribution in [-0.2, 0) is 4.74 Å². The van der Waals surface area contributed by atoms with Crippen LogP contribution in [0.4, 0.5) is 0 Å². The van der Waals surface area contributed by atoms with Gasteiger partial charge in [-0.15, -0.1) is 15.0 Å². The smallest absolute Gasteiger partial charge is 0.340 e. The summed E-state index contributed by atoms with van der Waals surface area (Å²) in [5, 5.41) is 12.3. The first-order chi connectivity index (χ1) is 11.2. The summed E-state index contributed by atoms with van der Waals surface area (Å²) in [6.45, 7) is 0. The van der Waals surface area contributed by atoms with Gasteiger partial charge in [-0.05, 0) is 35.5 Å². The third-order valence-electron chi connectivity index (χ3n) is 3.18. The van der Waals surface area contributed by atoms with Gasteiger partial charge in [0.1, 0.15) is 5.75 Å². The molecule has 23 heavy (non-hydrogen) atoms. The number of hydrogen-bond acceptors (Lipinski definition) is 7. The van der Waals surface area contributed by atoms with Gasteiger partial charge in [0.25, 0.3) is 0 Å². The van der Waals surface area contributed by atoms with Gasteiger partial charge in [-0.2, -0.15) is 0 Å². The Balaban J connectivity index is 1.97. The van der Waals surface area contributed by atoms with Crippen LogP contribution in [0.3, 0.4) is 0 Å². The summed E-state index contributed by atoms with van der Waals surface area (Å²) >= 11 is 0. The molecule has 3 rings (SSSR count). The minimum absolute atomic E-state index is 0.282. The predicted molar refractivity (Wildman–Crippen MR) is 80.3 cm³/mol. The Morgan fingerprint density at radius 2 is 1.91 bits per heavy atom. The van der Waals surface area contributed by atoms with E-state index in [1.54, 1.807) is 43.6 Å². The van der Waals surface area contributed by atoms with Crippen LogP contribution in [0.15, 0.2) is 42.7 Å². The van der Waals surface area contributed by atoms with Crippen molar-refractivity contribution in [2.24, 2.45) is 0 Å². The first-order valence-corrected chi connectivity index (χ1v) is 6.70. The van der Waals surface area contributed by atoms with Crippen LogP contribution in [-0.4, -0.2) is 45.4 Å². The highest BCUT2D eigenvalue weighted by Gasteiger charge is 2.17. The van der Waals surface area contributed by atoms with Crippen LogP contribution >= 0.6 is 0 Å². The monoisotopic (exact) mass is 311 g/mol. The molecule has 0 spiro atoms. The number of esters is 1. The Morgan fingerprint density at radius 1 is 1.13 bits per heavy atom. The summed E-state index contributed by atoms with van der Waals surface area (Å²) in [6, 6.07) is 8.84. The molecule has 0 radical (unpaired) electrons.